The highest BCUT2D eigenvalue weighted by Gasteiger charge is 2.14. The lowest BCUT2D eigenvalue weighted by molar-refractivity contribution is 0.893. The summed E-state index contributed by atoms with van der Waals surface area (Å²) in [4.78, 5) is 11.9. The van der Waals surface area contributed by atoms with Crippen molar-refractivity contribution < 1.29 is 0 Å². The number of nitrogens with one attached hydrogen (secondary N) is 1. The minimum absolute atomic E-state index is 0.0374. The third-order valence-corrected chi connectivity index (χ3v) is 3.81. The van der Waals surface area contributed by atoms with Gasteiger partial charge in [0.05, 0.1) is 23.3 Å². The van der Waals surface area contributed by atoms with Crippen molar-refractivity contribution >= 4 is 23.0 Å². The van der Waals surface area contributed by atoms with Gasteiger partial charge in [0.25, 0.3) is 0 Å². The smallest absolute Gasteiger partial charge is 0.139 e. The molecule has 0 bridgehead atoms. The largest absolute Gasteiger partial charge is 0.384 e. The Balaban J connectivity index is 2.32. The molecule has 2 aromatic rings. The molecule has 0 aliphatic carbocycles. The van der Waals surface area contributed by atoms with Gasteiger partial charge in [0.1, 0.15) is 11.7 Å². The van der Waals surface area contributed by atoms with Gasteiger partial charge in [0.15, 0.2) is 0 Å². The molecule has 2 aromatic heterocycles. The van der Waals surface area contributed by atoms with E-state index in [1.165, 1.54) is 4.88 Å². The van der Waals surface area contributed by atoms with Crippen LogP contribution in [0.3, 0.4) is 0 Å². The summed E-state index contributed by atoms with van der Waals surface area (Å²) in [6.45, 7) is 4.64. The van der Waals surface area contributed by atoms with Gasteiger partial charge in [-0.1, -0.05) is 0 Å². The number of anilines is 1. The maximum Gasteiger partial charge on any atom is 0.139 e. The number of hydrogen-bond acceptors (Lipinski definition) is 5. The molecule has 0 aliphatic rings. The van der Waals surface area contributed by atoms with Crippen LogP contribution in [0.1, 0.15) is 21.8 Å². The average molecular weight is 275 g/mol. The molecule has 0 aliphatic heterocycles. The number of nitrogens with two attached hydrogens (primary N) is 1. The van der Waals surface area contributed by atoms with Crippen molar-refractivity contribution in [3.63, 3.8) is 0 Å². The zero-order valence-electron chi connectivity index (χ0n) is 11.3. The molecule has 100 valence electrons. The van der Waals surface area contributed by atoms with E-state index in [0.29, 0.717) is 12.1 Å². The summed E-state index contributed by atoms with van der Waals surface area (Å²) in [5.41, 5.74) is 10.1. The predicted octanol–water partition coefficient (Wildman–Crippen LogP) is 2.08. The van der Waals surface area contributed by atoms with Crippen LogP contribution in [-0.2, 0) is 6.54 Å². The number of hydrogen-bond donors (Lipinski definition) is 2. The molecule has 0 spiro atoms. The Kier molecular flexibility index (Phi) is 3.80. The van der Waals surface area contributed by atoms with Gasteiger partial charge >= 0.3 is 0 Å². The van der Waals surface area contributed by atoms with Crippen LogP contribution in [0.25, 0.3) is 0 Å². The first kappa shape index (κ1) is 13.5. The van der Waals surface area contributed by atoms with Gasteiger partial charge in [-0.2, -0.15) is 0 Å². The number of aromatic nitrogens is 2. The van der Waals surface area contributed by atoms with Crippen molar-refractivity contribution in [1.82, 2.24) is 9.97 Å². The molecular weight excluding hydrogens is 258 g/mol. The number of rotatable bonds is 4. The van der Waals surface area contributed by atoms with E-state index < -0.39 is 0 Å². The fraction of sp³-hybridized carbons (Fsp3) is 0.308. The third-order valence-electron chi connectivity index (χ3n) is 2.89. The Labute approximate surface area is 116 Å². The van der Waals surface area contributed by atoms with E-state index in [4.69, 9.17) is 11.1 Å². The molecular formula is C13H17N5S. The Morgan fingerprint density at radius 3 is 2.74 bits per heavy atom. The van der Waals surface area contributed by atoms with Crippen molar-refractivity contribution in [3.8, 4) is 0 Å². The number of thiazole rings is 1. The lowest BCUT2D eigenvalue weighted by Crippen LogP contribution is -2.23. The minimum Gasteiger partial charge on any atom is -0.384 e. The average Bonchev–Trinajstić information content (AvgIpc) is 2.74. The summed E-state index contributed by atoms with van der Waals surface area (Å²) >= 11 is 1.63. The molecule has 2 rings (SSSR count). The van der Waals surface area contributed by atoms with Crippen LogP contribution in [0.2, 0.25) is 0 Å². The number of pyridine rings is 1. The zero-order valence-corrected chi connectivity index (χ0v) is 12.1. The summed E-state index contributed by atoms with van der Waals surface area (Å²) in [6, 6.07) is 3.71. The Bertz CT molecular complexity index is 605. The quantitative estimate of drug-likeness (QED) is 0.661. The Hall–Kier alpha value is -1.95. The fourth-order valence-electron chi connectivity index (χ4n) is 1.81. The first-order chi connectivity index (χ1) is 8.99. The lowest BCUT2D eigenvalue weighted by atomic mass is 10.2. The van der Waals surface area contributed by atoms with Crippen LogP contribution in [-0.4, -0.2) is 22.9 Å². The standard InChI is InChI=1S/C13H17N5S/c1-8-4-5-10(12(14)15)13(17-8)18(3)6-11-9(2)16-7-19-11/h4-5,7H,6H2,1-3H3,(H3,14,15). The maximum atomic E-state index is 7.63. The first-order valence-corrected chi connectivity index (χ1v) is 6.79. The highest BCUT2D eigenvalue weighted by molar-refractivity contribution is 7.09. The van der Waals surface area contributed by atoms with Crippen molar-refractivity contribution in [2.75, 3.05) is 11.9 Å². The van der Waals surface area contributed by atoms with E-state index in [9.17, 15) is 0 Å². The molecule has 0 amide bonds. The molecule has 0 fully saturated rings. The summed E-state index contributed by atoms with van der Waals surface area (Å²) < 4.78 is 0. The summed E-state index contributed by atoms with van der Waals surface area (Å²) in [5, 5.41) is 7.63. The van der Waals surface area contributed by atoms with Gasteiger partial charge < -0.3 is 10.6 Å². The van der Waals surface area contributed by atoms with Crippen molar-refractivity contribution in [3.05, 3.63) is 39.5 Å². The molecule has 19 heavy (non-hydrogen) atoms. The van der Waals surface area contributed by atoms with Gasteiger partial charge in [-0.05, 0) is 26.0 Å². The molecule has 0 aromatic carbocycles. The molecule has 2 heterocycles. The second-order valence-corrected chi connectivity index (χ2v) is 5.39. The number of aryl methyl sites for hydroxylation is 2. The van der Waals surface area contributed by atoms with Crippen LogP contribution in [0.5, 0.6) is 0 Å². The molecule has 3 N–H and O–H groups in total. The normalized spacial score (nSPS) is 10.5. The fourth-order valence-corrected chi connectivity index (χ4v) is 2.64. The molecule has 0 saturated heterocycles. The van der Waals surface area contributed by atoms with Gasteiger partial charge in [-0.25, -0.2) is 9.97 Å². The van der Waals surface area contributed by atoms with Gasteiger partial charge in [-0.15, -0.1) is 11.3 Å². The molecule has 0 saturated carbocycles. The molecule has 0 atom stereocenters. The van der Waals surface area contributed by atoms with Crippen LogP contribution in [0.4, 0.5) is 5.82 Å². The highest BCUT2D eigenvalue weighted by Crippen LogP contribution is 2.21. The van der Waals surface area contributed by atoms with E-state index in [1.54, 1.807) is 11.3 Å². The minimum atomic E-state index is 0.0374. The zero-order chi connectivity index (χ0) is 14.0. The monoisotopic (exact) mass is 275 g/mol. The van der Waals surface area contributed by atoms with Crippen molar-refractivity contribution in [1.29, 1.82) is 5.41 Å². The Morgan fingerprint density at radius 2 is 2.16 bits per heavy atom. The SMILES string of the molecule is Cc1ccc(C(=N)N)c(N(C)Cc2scnc2C)n1. The predicted molar refractivity (Wildman–Crippen MR) is 78.9 cm³/mol. The number of nitrogens with zero attached hydrogens (tertiary/aromatic N) is 3. The molecule has 5 nitrogen and oxygen atoms in total. The molecule has 0 radical (unpaired) electrons. The second-order valence-electron chi connectivity index (χ2n) is 4.45. The van der Waals surface area contributed by atoms with Crippen LogP contribution >= 0.6 is 11.3 Å². The van der Waals surface area contributed by atoms with E-state index in [0.717, 1.165) is 17.2 Å². The van der Waals surface area contributed by atoms with Gasteiger partial charge in [-0.3, -0.25) is 5.41 Å². The second kappa shape index (κ2) is 5.36. The van der Waals surface area contributed by atoms with Gasteiger partial charge in [0, 0.05) is 17.6 Å². The highest BCUT2D eigenvalue weighted by atomic mass is 32.1. The van der Waals surface area contributed by atoms with Crippen LogP contribution < -0.4 is 10.6 Å². The number of nitrogen functional groups attached to an aromatic ring is 1. The third kappa shape index (κ3) is 2.90. The van der Waals surface area contributed by atoms with Crippen molar-refractivity contribution in [2.45, 2.75) is 20.4 Å². The lowest BCUT2D eigenvalue weighted by Gasteiger charge is -2.20. The van der Waals surface area contributed by atoms with Gasteiger partial charge in [0.2, 0.25) is 0 Å². The van der Waals surface area contributed by atoms with E-state index in [-0.39, 0.29) is 5.84 Å². The number of amidine groups is 1. The first-order valence-electron chi connectivity index (χ1n) is 5.91. The Morgan fingerprint density at radius 1 is 1.42 bits per heavy atom. The van der Waals surface area contributed by atoms with E-state index >= 15 is 0 Å². The summed E-state index contributed by atoms with van der Waals surface area (Å²) in [5.74, 6) is 0.774. The van der Waals surface area contributed by atoms with E-state index in [2.05, 4.69) is 9.97 Å². The maximum absolute atomic E-state index is 7.63. The van der Waals surface area contributed by atoms with Crippen LogP contribution in [0, 0.1) is 19.3 Å². The summed E-state index contributed by atoms with van der Waals surface area (Å²) in [6.07, 6.45) is 0. The molecule has 0 unspecified atom stereocenters. The molecule has 6 heteroatoms. The van der Waals surface area contributed by atoms with E-state index in [1.807, 2.05) is 43.4 Å². The van der Waals surface area contributed by atoms with Crippen LogP contribution in [0.15, 0.2) is 17.6 Å². The topological polar surface area (TPSA) is 78.9 Å². The van der Waals surface area contributed by atoms with Crippen molar-refractivity contribution in [2.24, 2.45) is 5.73 Å². The summed E-state index contributed by atoms with van der Waals surface area (Å²) in [7, 11) is 1.95.